The van der Waals surface area contributed by atoms with Crippen LogP contribution in [0.2, 0.25) is 0 Å². The predicted octanol–water partition coefficient (Wildman–Crippen LogP) is 3.76. The summed E-state index contributed by atoms with van der Waals surface area (Å²) in [6.45, 7) is 2.59. The van der Waals surface area contributed by atoms with E-state index in [1.807, 2.05) is 55.5 Å². The van der Waals surface area contributed by atoms with Gasteiger partial charge in [-0.2, -0.15) is 0 Å². The van der Waals surface area contributed by atoms with E-state index < -0.39 is 6.10 Å². The van der Waals surface area contributed by atoms with E-state index in [-0.39, 0.29) is 0 Å². The number of ether oxygens (including phenoxy) is 2. The fourth-order valence-corrected chi connectivity index (χ4v) is 2.10. The van der Waals surface area contributed by atoms with Gasteiger partial charge in [-0.3, -0.25) is 0 Å². The van der Waals surface area contributed by atoms with Crippen molar-refractivity contribution in [3.05, 3.63) is 59.7 Å². The van der Waals surface area contributed by atoms with Gasteiger partial charge in [0.2, 0.25) is 0 Å². The van der Waals surface area contributed by atoms with Gasteiger partial charge in [0.1, 0.15) is 11.5 Å². The first kappa shape index (κ1) is 15.4. The molecule has 21 heavy (non-hydrogen) atoms. The van der Waals surface area contributed by atoms with Gasteiger partial charge in [0.15, 0.2) is 0 Å². The summed E-state index contributed by atoms with van der Waals surface area (Å²) < 4.78 is 10.9. The van der Waals surface area contributed by atoms with Crippen LogP contribution in [-0.2, 0) is 6.42 Å². The summed E-state index contributed by atoms with van der Waals surface area (Å²) in [6, 6.07) is 15.6. The van der Waals surface area contributed by atoms with Crippen LogP contribution >= 0.6 is 0 Å². The molecule has 0 saturated carbocycles. The van der Waals surface area contributed by atoms with Crippen LogP contribution in [-0.4, -0.2) is 18.8 Å². The monoisotopic (exact) mass is 286 g/mol. The summed E-state index contributed by atoms with van der Waals surface area (Å²) in [7, 11) is 1.66. The first-order chi connectivity index (χ1) is 10.2. The van der Waals surface area contributed by atoms with E-state index in [1.165, 1.54) is 5.56 Å². The molecule has 3 nitrogen and oxygen atoms in total. The summed E-state index contributed by atoms with van der Waals surface area (Å²) >= 11 is 0. The molecule has 2 aromatic carbocycles. The second-order valence-corrected chi connectivity index (χ2v) is 4.94. The highest BCUT2D eigenvalue weighted by Crippen LogP contribution is 2.20. The number of methoxy groups -OCH3 is 1. The lowest BCUT2D eigenvalue weighted by molar-refractivity contribution is 0.173. The molecule has 0 fully saturated rings. The van der Waals surface area contributed by atoms with E-state index >= 15 is 0 Å². The standard InChI is InChI=1S/C18H22O3/c1-3-18(19)15-6-10-17(11-7-15)21-13-12-14-4-8-16(20-2)9-5-14/h4-11,18-19H,3,12-13H2,1-2H3/t18-/m0/s1. The number of hydrogen-bond donors (Lipinski definition) is 1. The molecule has 0 bridgehead atoms. The van der Waals surface area contributed by atoms with Gasteiger partial charge in [0.25, 0.3) is 0 Å². The van der Waals surface area contributed by atoms with E-state index in [9.17, 15) is 5.11 Å². The highest BCUT2D eigenvalue weighted by molar-refractivity contribution is 5.29. The average molecular weight is 286 g/mol. The number of rotatable bonds is 7. The highest BCUT2D eigenvalue weighted by Gasteiger charge is 2.04. The van der Waals surface area contributed by atoms with Gasteiger partial charge in [-0.25, -0.2) is 0 Å². The predicted molar refractivity (Wildman–Crippen MR) is 83.9 cm³/mol. The maximum Gasteiger partial charge on any atom is 0.119 e. The lowest BCUT2D eigenvalue weighted by atomic mass is 10.1. The van der Waals surface area contributed by atoms with Crippen LogP contribution in [0.25, 0.3) is 0 Å². The molecule has 0 saturated heterocycles. The van der Waals surface area contributed by atoms with E-state index in [2.05, 4.69) is 0 Å². The number of hydrogen-bond acceptors (Lipinski definition) is 3. The van der Waals surface area contributed by atoms with E-state index in [4.69, 9.17) is 9.47 Å². The summed E-state index contributed by atoms with van der Waals surface area (Å²) in [4.78, 5) is 0. The average Bonchev–Trinajstić information content (AvgIpc) is 2.55. The molecule has 1 atom stereocenters. The van der Waals surface area contributed by atoms with E-state index in [0.717, 1.165) is 29.9 Å². The third kappa shape index (κ3) is 4.50. The number of benzene rings is 2. The Morgan fingerprint density at radius 2 is 1.57 bits per heavy atom. The Balaban J connectivity index is 1.82. The van der Waals surface area contributed by atoms with Gasteiger partial charge in [0, 0.05) is 6.42 Å². The van der Waals surface area contributed by atoms with Gasteiger partial charge in [0.05, 0.1) is 19.8 Å². The second kappa shape index (κ2) is 7.70. The molecule has 0 aliphatic rings. The van der Waals surface area contributed by atoms with E-state index in [1.54, 1.807) is 7.11 Å². The molecule has 0 radical (unpaired) electrons. The molecule has 2 aromatic rings. The van der Waals surface area contributed by atoms with Crippen LogP contribution in [0, 0.1) is 0 Å². The fourth-order valence-electron chi connectivity index (χ4n) is 2.10. The maximum absolute atomic E-state index is 9.74. The normalized spacial score (nSPS) is 12.0. The van der Waals surface area contributed by atoms with Crippen LogP contribution in [0.3, 0.4) is 0 Å². The molecule has 1 N–H and O–H groups in total. The zero-order valence-corrected chi connectivity index (χ0v) is 12.6. The maximum atomic E-state index is 9.74. The van der Waals surface area contributed by atoms with Gasteiger partial charge in [-0.15, -0.1) is 0 Å². The molecule has 112 valence electrons. The van der Waals surface area contributed by atoms with Crippen LogP contribution < -0.4 is 9.47 Å². The van der Waals surface area contributed by atoms with Crippen molar-refractivity contribution in [3.63, 3.8) is 0 Å². The van der Waals surface area contributed by atoms with Crippen LogP contribution in [0.1, 0.15) is 30.6 Å². The minimum Gasteiger partial charge on any atom is -0.497 e. The Labute approximate surface area is 126 Å². The van der Waals surface area contributed by atoms with Crippen molar-refractivity contribution >= 4 is 0 Å². The summed E-state index contributed by atoms with van der Waals surface area (Å²) in [5, 5.41) is 9.74. The van der Waals surface area contributed by atoms with Crippen molar-refractivity contribution in [2.45, 2.75) is 25.9 Å². The zero-order chi connectivity index (χ0) is 15.1. The van der Waals surface area contributed by atoms with Crippen LogP contribution in [0.5, 0.6) is 11.5 Å². The largest absolute Gasteiger partial charge is 0.497 e. The fraction of sp³-hybridized carbons (Fsp3) is 0.333. The Bertz CT molecular complexity index is 531. The molecule has 0 aromatic heterocycles. The molecular formula is C18H22O3. The molecule has 3 heteroatoms. The molecule has 2 rings (SSSR count). The van der Waals surface area contributed by atoms with Crippen molar-refractivity contribution in [1.29, 1.82) is 0 Å². The lowest BCUT2D eigenvalue weighted by Crippen LogP contribution is -2.02. The Morgan fingerprint density at radius 1 is 0.952 bits per heavy atom. The molecule has 0 aliphatic carbocycles. The third-order valence-corrected chi connectivity index (χ3v) is 3.47. The third-order valence-electron chi connectivity index (χ3n) is 3.47. The SMILES string of the molecule is CC[C@H](O)c1ccc(OCCc2ccc(OC)cc2)cc1. The second-order valence-electron chi connectivity index (χ2n) is 4.94. The van der Waals surface area contributed by atoms with Crippen molar-refractivity contribution in [2.24, 2.45) is 0 Å². The summed E-state index contributed by atoms with van der Waals surface area (Å²) in [6.07, 6.45) is 1.18. The van der Waals surface area contributed by atoms with Crippen LogP contribution in [0.15, 0.2) is 48.5 Å². The van der Waals surface area contributed by atoms with Gasteiger partial charge in [-0.1, -0.05) is 31.2 Å². The molecule has 0 heterocycles. The quantitative estimate of drug-likeness (QED) is 0.842. The Hall–Kier alpha value is -2.00. The molecule has 0 unspecified atom stereocenters. The van der Waals surface area contributed by atoms with Crippen molar-refractivity contribution in [2.75, 3.05) is 13.7 Å². The molecule has 0 spiro atoms. The topological polar surface area (TPSA) is 38.7 Å². The first-order valence-electron chi connectivity index (χ1n) is 7.26. The Morgan fingerprint density at radius 3 is 2.14 bits per heavy atom. The molecule has 0 amide bonds. The number of aliphatic hydroxyl groups excluding tert-OH is 1. The minimum atomic E-state index is -0.390. The van der Waals surface area contributed by atoms with Crippen molar-refractivity contribution < 1.29 is 14.6 Å². The zero-order valence-electron chi connectivity index (χ0n) is 12.6. The summed E-state index contributed by atoms with van der Waals surface area (Å²) in [5.74, 6) is 1.69. The van der Waals surface area contributed by atoms with Crippen LogP contribution in [0.4, 0.5) is 0 Å². The van der Waals surface area contributed by atoms with Gasteiger partial charge < -0.3 is 14.6 Å². The van der Waals surface area contributed by atoms with Crippen molar-refractivity contribution in [1.82, 2.24) is 0 Å². The molecular weight excluding hydrogens is 264 g/mol. The highest BCUT2D eigenvalue weighted by atomic mass is 16.5. The van der Waals surface area contributed by atoms with Gasteiger partial charge >= 0.3 is 0 Å². The smallest absolute Gasteiger partial charge is 0.119 e. The van der Waals surface area contributed by atoms with E-state index in [0.29, 0.717) is 6.61 Å². The molecule has 0 aliphatic heterocycles. The summed E-state index contributed by atoms with van der Waals surface area (Å²) in [5.41, 5.74) is 2.15. The Kier molecular flexibility index (Phi) is 5.64. The minimum absolute atomic E-state index is 0.390. The lowest BCUT2D eigenvalue weighted by Gasteiger charge is -2.10. The van der Waals surface area contributed by atoms with Crippen molar-refractivity contribution in [3.8, 4) is 11.5 Å². The number of aliphatic hydroxyl groups is 1. The first-order valence-corrected chi connectivity index (χ1v) is 7.26. The van der Waals surface area contributed by atoms with Gasteiger partial charge in [-0.05, 0) is 41.8 Å².